The van der Waals surface area contributed by atoms with Crippen LogP contribution >= 0.6 is 6.72 Å². The van der Waals surface area contributed by atoms with Crippen LogP contribution in [0.2, 0.25) is 0 Å². The Kier molecular flexibility index (Phi) is 3.06. The van der Waals surface area contributed by atoms with Crippen molar-refractivity contribution in [1.29, 1.82) is 1.43 Å². The van der Waals surface area contributed by atoms with Crippen LogP contribution in [-0.2, 0) is 25.6 Å². The molecule has 0 aliphatic carbocycles. The molecule has 0 aromatic heterocycles. The second-order valence-corrected chi connectivity index (χ2v) is 5.14. The highest BCUT2D eigenvalue weighted by atomic mass is 32.5. The number of rotatable bonds is 4. The maximum absolute atomic E-state index is 12.6. The fourth-order valence-corrected chi connectivity index (χ4v) is 1.63. The lowest BCUT2D eigenvalue weighted by Crippen LogP contribution is -2.09. The molecular formula is C5H10FO4PS. The van der Waals surface area contributed by atoms with Crippen molar-refractivity contribution < 1.29 is 23.1 Å². The van der Waals surface area contributed by atoms with Crippen LogP contribution in [0, 0.1) is 0 Å². The molecule has 4 nitrogen and oxygen atoms in total. The van der Waals surface area contributed by atoms with Crippen molar-refractivity contribution in [3.63, 3.8) is 0 Å². The van der Waals surface area contributed by atoms with Crippen LogP contribution in [0.5, 0.6) is 0 Å². The van der Waals surface area contributed by atoms with Gasteiger partial charge in [0.1, 0.15) is 6.17 Å². The fourth-order valence-electron chi connectivity index (χ4n) is 0.817. The summed E-state index contributed by atoms with van der Waals surface area (Å²) in [4.78, 5) is 4.11. The third-order valence-corrected chi connectivity index (χ3v) is 3.03. The summed E-state index contributed by atoms with van der Waals surface area (Å²) in [5.41, 5.74) is 0. The highest BCUT2D eigenvalue weighted by Gasteiger charge is 2.30. The molecule has 0 bridgehead atoms. The minimum Gasteiger partial charge on any atom is -0.349 e. The lowest BCUT2D eigenvalue weighted by Gasteiger charge is -2.16. The summed E-state index contributed by atoms with van der Waals surface area (Å²) in [6.07, 6.45) is -1.70. The molecule has 0 radical (unpaired) electrons. The Labute approximate surface area is 76.4 Å². The van der Waals surface area contributed by atoms with E-state index in [-0.39, 0.29) is 13.0 Å². The molecule has 12 heavy (non-hydrogen) atoms. The minimum absolute atomic E-state index is 0.0122. The van der Waals surface area contributed by atoms with Crippen molar-refractivity contribution in [2.75, 3.05) is 13.7 Å². The zero-order chi connectivity index (χ0) is 9.90. The molecule has 1 aliphatic heterocycles. The summed E-state index contributed by atoms with van der Waals surface area (Å²) in [6.45, 7) is -3.06. The Morgan fingerprint density at radius 2 is 2.67 bits per heavy atom. The Hall–Kier alpha value is 0.420. The molecule has 7 heteroatoms. The fraction of sp³-hybridized carbons (Fsp3) is 1.00. The lowest BCUT2D eigenvalue weighted by molar-refractivity contribution is -0.0482. The highest BCUT2D eigenvalue weighted by Crippen LogP contribution is 2.45. The average molecular weight is 217 g/mol. The van der Waals surface area contributed by atoms with Crippen LogP contribution in [0.25, 0.3) is 0 Å². The maximum Gasteiger partial charge on any atom is 0.326 e. The normalized spacial score (nSPS) is 36.0. The van der Waals surface area contributed by atoms with Gasteiger partial charge < -0.3 is 14.2 Å². The van der Waals surface area contributed by atoms with E-state index in [9.17, 15) is 4.39 Å². The van der Waals surface area contributed by atoms with E-state index in [0.29, 0.717) is 0 Å². The third kappa shape index (κ3) is 3.05. The van der Waals surface area contributed by atoms with Gasteiger partial charge in [0.25, 0.3) is 0 Å². The van der Waals surface area contributed by atoms with Crippen molar-refractivity contribution in [3.05, 3.63) is 0 Å². The predicted octanol–water partition coefficient (Wildman–Crippen LogP) is 0.951. The maximum atomic E-state index is 12.6. The van der Waals surface area contributed by atoms with Crippen molar-refractivity contribution in [1.82, 2.24) is 0 Å². The van der Waals surface area contributed by atoms with E-state index in [2.05, 4.69) is 9.42 Å². The zero-order valence-electron chi connectivity index (χ0n) is 7.44. The number of hydrogen-bond donors (Lipinski definition) is 1. The first kappa shape index (κ1) is 8.99. The van der Waals surface area contributed by atoms with Gasteiger partial charge in [-0.05, 0) is 11.8 Å². The Bertz CT molecular complexity index is 211. The van der Waals surface area contributed by atoms with Crippen LogP contribution < -0.4 is 0 Å². The summed E-state index contributed by atoms with van der Waals surface area (Å²) in [5, 5.41) is 0. The number of alkyl halides is 1. The summed E-state index contributed by atoms with van der Waals surface area (Å²) >= 11 is 4.73. The first-order valence-corrected chi connectivity index (χ1v) is 5.90. The molecule has 3 unspecified atom stereocenters. The minimum atomic E-state index is -3.05. The van der Waals surface area contributed by atoms with Gasteiger partial charge in [-0.2, -0.15) is 0 Å². The molecule has 1 rings (SSSR count). The van der Waals surface area contributed by atoms with E-state index < -0.39 is 19.2 Å². The molecule has 1 heterocycles. The van der Waals surface area contributed by atoms with Gasteiger partial charge in [-0.15, -0.1) is 0 Å². The Morgan fingerprint density at radius 1 is 1.92 bits per heavy atom. The van der Waals surface area contributed by atoms with E-state index in [4.69, 9.17) is 22.5 Å². The monoisotopic (exact) mass is 217 g/mol. The van der Waals surface area contributed by atoms with Gasteiger partial charge in [-0.3, -0.25) is 4.52 Å². The van der Waals surface area contributed by atoms with Crippen molar-refractivity contribution in [3.8, 4) is 0 Å². The summed E-state index contributed by atoms with van der Waals surface area (Å²) < 4.78 is 33.8. The standard InChI is InChI=1S/C5H10FO4PS/c1-8-11(7,12)10-5-2-4(6)3-9-5/h4-5H,2-3H2,1H3,(H,7,12)/i/hD. The molecule has 72 valence electrons. The van der Waals surface area contributed by atoms with Gasteiger partial charge in [-0.1, -0.05) is 0 Å². The van der Waals surface area contributed by atoms with Crippen molar-refractivity contribution in [2.45, 2.75) is 18.9 Å². The molecule has 1 fully saturated rings. The Balaban J connectivity index is 2.43. The molecule has 0 aromatic rings. The molecule has 3 atom stereocenters. The predicted molar refractivity (Wildman–Crippen MR) is 43.9 cm³/mol. The van der Waals surface area contributed by atoms with Crippen molar-refractivity contribution >= 4 is 18.5 Å². The van der Waals surface area contributed by atoms with Gasteiger partial charge in [0, 0.05) is 13.5 Å². The SMILES string of the molecule is [2H]OP(=S)(OC)OC1CC(F)CO1. The van der Waals surface area contributed by atoms with Crippen LogP contribution in [0.1, 0.15) is 6.42 Å². The highest BCUT2D eigenvalue weighted by molar-refractivity contribution is 8.07. The molecular weight excluding hydrogens is 206 g/mol. The second-order valence-electron chi connectivity index (χ2n) is 2.33. The molecule has 1 aliphatic rings. The van der Waals surface area contributed by atoms with Gasteiger partial charge in [0.05, 0.1) is 6.61 Å². The molecule has 0 spiro atoms. The van der Waals surface area contributed by atoms with E-state index >= 15 is 0 Å². The molecule has 0 saturated carbocycles. The van der Waals surface area contributed by atoms with E-state index in [1.165, 1.54) is 7.11 Å². The van der Waals surface area contributed by atoms with Gasteiger partial charge in [0.15, 0.2) is 6.29 Å². The van der Waals surface area contributed by atoms with Crippen molar-refractivity contribution in [2.24, 2.45) is 0 Å². The van der Waals surface area contributed by atoms with Gasteiger partial charge in [0.2, 0.25) is 1.43 Å². The van der Waals surface area contributed by atoms with E-state index in [1.54, 1.807) is 0 Å². The largest absolute Gasteiger partial charge is 0.349 e. The topological polar surface area (TPSA) is 47.9 Å². The average Bonchev–Trinajstić information content (AvgIpc) is 2.51. The van der Waals surface area contributed by atoms with E-state index in [0.717, 1.165) is 0 Å². The van der Waals surface area contributed by atoms with Crippen LogP contribution in [0.3, 0.4) is 0 Å². The lowest BCUT2D eigenvalue weighted by atomic mass is 10.3. The Morgan fingerprint density at radius 3 is 3.08 bits per heavy atom. The summed E-state index contributed by atoms with van der Waals surface area (Å²) in [7, 11) is 1.27. The summed E-state index contributed by atoms with van der Waals surface area (Å²) in [6, 6.07) is 0. The number of halogens is 1. The molecule has 0 aromatic carbocycles. The third-order valence-electron chi connectivity index (χ3n) is 1.38. The zero-order valence-corrected chi connectivity index (χ0v) is 8.15. The first-order chi connectivity index (χ1) is 6.09. The molecule has 0 amide bonds. The molecule has 1 N–H and O–H groups in total. The van der Waals surface area contributed by atoms with E-state index in [1.807, 2.05) is 0 Å². The van der Waals surface area contributed by atoms with Gasteiger partial charge >= 0.3 is 6.72 Å². The first-order valence-electron chi connectivity index (χ1n) is 3.75. The number of ether oxygens (including phenoxy) is 1. The smallest absolute Gasteiger partial charge is 0.326 e. The molecule has 1 saturated heterocycles. The number of hydrogen-bond acceptors (Lipinski definition) is 5. The van der Waals surface area contributed by atoms with Crippen LogP contribution in [0.4, 0.5) is 4.39 Å². The van der Waals surface area contributed by atoms with Crippen LogP contribution in [0.15, 0.2) is 0 Å². The van der Waals surface area contributed by atoms with Gasteiger partial charge in [-0.25, -0.2) is 4.39 Å². The summed E-state index contributed by atoms with van der Waals surface area (Å²) in [5.74, 6) is 0. The second kappa shape index (κ2) is 4.09. The van der Waals surface area contributed by atoms with Crippen LogP contribution in [-0.4, -0.2) is 32.5 Å². The quantitative estimate of drug-likeness (QED) is 0.710.